The standard InChI is InChI=1S/C8H10N2O3S2/c9-4-6(11)10-5(8(12)13)3(1-14)2-15-7(4)10/h4,7,14H,1-2,9H2,(H,12,13). The highest BCUT2D eigenvalue weighted by Gasteiger charge is 2.51. The second-order valence-electron chi connectivity index (χ2n) is 3.35. The van der Waals surface area contributed by atoms with Crippen LogP contribution in [0.25, 0.3) is 0 Å². The Labute approximate surface area is 96.1 Å². The third-order valence-electron chi connectivity index (χ3n) is 2.48. The predicted octanol–water partition coefficient (Wildman–Crippen LogP) is -0.503. The zero-order valence-electron chi connectivity index (χ0n) is 7.71. The van der Waals surface area contributed by atoms with Crippen LogP contribution in [0.3, 0.4) is 0 Å². The number of rotatable bonds is 2. The summed E-state index contributed by atoms with van der Waals surface area (Å²) in [6.07, 6.45) is 0. The van der Waals surface area contributed by atoms with Crippen molar-refractivity contribution in [2.24, 2.45) is 5.73 Å². The molecule has 0 aliphatic carbocycles. The van der Waals surface area contributed by atoms with Gasteiger partial charge in [0.2, 0.25) is 5.91 Å². The number of carboxylic acids is 1. The van der Waals surface area contributed by atoms with Gasteiger partial charge in [-0.05, 0) is 5.57 Å². The zero-order valence-corrected chi connectivity index (χ0v) is 9.42. The minimum Gasteiger partial charge on any atom is -0.477 e. The van der Waals surface area contributed by atoms with Gasteiger partial charge in [0.15, 0.2) is 0 Å². The van der Waals surface area contributed by atoms with Crippen LogP contribution in [0.1, 0.15) is 0 Å². The first-order valence-electron chi connectivity index (χ1n) is 4.34. The van der Waals surface area contributed by atoms with Gasteiger partial charge in [-0.3, -0.25) is 9.69 Å². The van der Waals surface area contributed by atoms with Gasteiger partial charge in [-0.15, -0.1) is 11.8 Å². The van der Waals surface area contributed by atoms with Crippen LogP contribution in [0.5, 0.6) is 0 Å². The van der Waals surface area contributed by atoms with E-state index in [-0.39, 0.29) is 17.0 Å². The predicted molar refractivity (Wildman–Crippen MR) is 59.6 cm³/mol. The van der Waals surface area contributed by atoms with Crippen molar-refractivity contribution in [3.05, 3.63) is 11.3 Å². The highest BCUT2D eigenvalue weighted by molar-refractivity contribution is 8.00. The second kappa shape index (κ2) is 3.73. The number of amides is 1. The summed E-state index contributed by atoms with van der Waals surface area (Å²) in [6, 6.07) is -0.564. The van der Waals surface area contributed by atoms with E-state index >= 15 is 0 Å². The number of aliphatic carboxylic acids is 1. The normalized spacial score (nSPS) is 30.0. The Morgan fingerprint density at radius 1 is 1.73 bits per heavy atom. The van der Waals surface area contributed by atoms with Gasteiger partial charge in [0, 0.05) is 11.5 Å². The molecule has 2 unspecified atom stereocenters. The molecule has 1 fully saturated rings. The van der Waals surface area contributed by atoms with Crippen molar-refractivity contribution in [2.45, 2.75) is 11.4 Å². The molecule has 82 valence electrons. The summed E-state index contributed by atoms with van der Waals surface area (Å²) >= 11 is 5.55. The van der Waals surface area contributed by atoms with E-state index in [1.54, 1.807) is 0 Å². The van der Waals surface area contributed by atoms with Gasteiger partial charge in [-0.1, -0.05) is 0 Å². The van der Waals surface area contributed by atoms with Gasteiger partial charge >= 0.3 is 5.97 Å². The molecule has 1 amide bonds. The van der Waals surface area contributed by atoms with Gasteiger partial charge in [-0.2, -0.15) is 12.6 Å². The van der Waals surface area contributed by atoms with E-state index < -0.39 is 12.0 Å². The number of hydrogen-bond acceptors (Lipinski definition) is 5. The van der Waals surface area contributed by atoms with Crippen molar-refractivity contribution in [1.82, 2.24) is 4.90 Å². The van der Waals surface area contributed by atoms with Crippen molar-refractivity contribution >= 4 is 36.3 Å². The zero-order chi connectivity index (χ0) is 11.2. The maximum atomic E-state index is 11.4. The fraction of sp³-hybridized carbons (Fsp3) is 0.500. The summed E-state index contributed by atoms with van der Waals surface area (Å²) in [5.74, 6) is -0.471. The Bertz CT molecular complexity index is 369. The summed E-state index contributed by atoms with van der Waals surface area (Å²) in [7, 11) is 0. The molecular formula is C8H10N2O3S2. The number of nitrogens with zero attached hydrogens (tertiary/aromatic N) is 1. The second-order valence-corrected chi connectivity index (χ2v) is 4.77. The lowest BCUT2D eigenvalue weighted by atomic mass is 10.0. The molecule has 2 aliphatic rings. The van der Waals surface area contributed by atoms with Crippen LogP contribution in [-0.2, 0) is 9.59 Å². The number of thiol groups is 1. The van der Waals surface area contributed by atoms with E-state index in [9.17, 15) is 9.59 Å². The number of carboxylic acid groups (broad SMARTS) is 1. The van der Waals surface area contributed by atoms with Crippen LogP contribution in [0.4, 0.5) is 0 Å². The molecule has 3 N–H and O–H groups in total. The van der Waals surface area contributed by atoms with E-state index in [4.69, 9.17) is 10.8 Å². The van der Waals surface area contributed by atoms with Crippen molar-refractivity contribution in [1.29, 1.82) is 0 Å². The lowest BCUT2D eigenvalue weighted by Gasteiger charge is -2.47. The minimum absolute atomic E-state index is 0.0699. The number of carbonyl (C=O) groups is 2. The van der Waals surface area contributed by atoms with Crippen molar-refractivity contribution < 1.29 is 14.7 Å². The van der Waals surface area contributed by atoms with Gasteiger partial charge in [-0.25, -0.2) is 4.79 Å². The molecule has 2 atom stereocenters. The third-order valence-corrected chi connectivity index (χ3v) is 4.22. The van der Waals surface area contributed by atoms with E-state index in [0.717, 1.165) is 0 Å². The summed E-state index contributed by atoms with van der Waals surface area (Å²) in [5.41, 5.74) is 6.32. The number of carbonyl (C=O) groups excluding carboxylic acids is 1. The van der Waals surface area contributed by atoms with E-state index in [1.165, 1.54) is 16.7 Å². The number of β-lactam (4-membered cyclic amide) rings is 1. The maximum Gasteiger partial charge on any atom is 0.352 e. The van der Waals surface area contributed by atoms with Crippen LogP contribution < -0.4 is 5.73 Å². The third kappa shape index (κ3) is 1.45. The summed E-state index contributed by atoms with van der Waals surface area (Å²) < 4.78 is 0. The van der Waals surface area contributed by atoms with Gasteiger partial charge < -0.3 is 10.8 Å². The largest absolute Gasteiger partial charge is 0.477 e. The number of fused-ring (bicyclic) bond motifs is 1. The molecule has 15 heavy (non-hydrogen) atoms. The Morgan fingerprint density at radius 3 is 2.93 bits per heavy atom. The Hall–Kier alpha value is -0.660. The summed E-state index contributed by atoms with van der Waals surface area (Å²) in [6.45, 7) is 0. The first-order chi connectivity index (χ1) is 7.07. The van der Waals surface area contributed by atoms with E-state index in [0.29, 0.717) is 17.1 Å². The fourth-order valence-corrected chi connectivity index (χ4v) is 3.41. The lowest BCUT2D eigenvalue weighted by Crippen LogP contribution is -2.68. The van der Waals surface area contributed by atoms with Gasteiger partial charge in [0.05, 0.1) is 0 Å². The summed E-state index contributed by atoms with van der Waals surface area (Å²) in [5, 5.41) is 8.81. The molecule has 0 spiro atoms. The van der Waals surface area contributed by atoms with E-state index in [1.807, 2.05) is 0 Å². The monoisotopic (exact) mass is 246 g/mol. The highest BCUT2D eigenvalue weighted by Crippen LogP contribution is 2.39. The van der Waals surface area contributed by atoms with Crippen LogP contribution in [0.15, 0.2) is 11.3 Å². The topological polar surface area (TPSA) is 83.6 Å². The van der Waals surface area contributed by atoms with Gasteiger partial charge in [0.25, 0.3) is 0 Å². The molecule has 0 aromatic heterocycles. The first-order valence-corrected chi connectivity index (χ1v) is 6.02. The molecule has 2 rings (SSSR count). The first kappa shape index (κ1) is 10.8. The molecule has 7 heteroatoms. The molecule has 5 nitrogen and oxygen atoms in total. The molecule has 0 aromatic carbocycles. The average molecular weight is 246 g/mol. The molecule has 1 saturated heterocycles. The Kier molecular flexibility index (Phi) is 2.70. The SMILES string of the molecule is NC1C(=O)N2C(C(=O)O)=C(CS)CSC12. The molecule has 2 heterocycles. The van der Waals surface area contributed by atoms with Gasteiger partial charge in [0.1, 0.15) is 17.1 Å². The maximum absolute atomic E-state index is 11.4. The Balaban J connectivity index is 2.38. The minimum atomic E-state index is -1.08. The molecule has 2 aliphatic heterocycles. The van der Waals surface area contributed by atoms with Crippen molar-refractivity contribution in [3.63, 3.8) is 0 Å². The quantitative estimate of drug-likeness (QED) is 0.452. The van der Waals surface area contributed by atoms with Crippen molar-refractivity contribution in [2.75, 3.05) is 11.5 Å². The van der Waals surface area contributed by atoms with Crippen LogP contribution in [0, 0.1) is 0 Å². The lowest BCUT2D eigenvalue weighted by molar-refractivity contribution is -0.147. The van der Waals surface area contributed by atoms with Crippen molar-refractivity contribution in [3.8, 4) is 0 Å². The highest BCUT2D eigenvalue weighted by atomic mass is 32.2. The number of hydrogen-bond donors (Lipinski definition) is 3. The Morgan fingerprint density at radius 2 is 2.40 bits per heavy atom. The van der Waals surface area contributed by atoms with E-state index in [2.05, 4.69) is 12.6 Å². The molecule has 0 bridgehead atoms. The summed E-state index contributed by atoms with van der Waals surface area (Å²) in [4.78, 5) is 23.7. The fourth-order valence-electron chi connectivity index (χ4n) is 1.70. The van der Waals surface area contributed by atoms with Crippen LogP contribution in [-0.4, -0.2) is 44.8 Å². The number of thioether (sulfide) groups is 1. The van der Waals surface area contributed by atoms with Crippen LogP contribution >= 0.6 is 24.4 Å². The molecule has 0 aromatic rings. The molecule has 0 saturated carbocycles. The molecular weight excluding hydrogens is 236 g/mol. The van der Waals surface area contributed by atoms with Crippen LogP contribution in [0.2, 0.25) is 0 Å². The number of nitrogens with two attached hydrogens (primary N) is 1. The molecule has 0 radical (unpaired) electrons. The average Bonchev–Trinajstić information content (AvgIpc) is 2.25. The smallest absolute Gasteiger partial charge is 0.352 e.